The second-order valence-electron chi connectivity index (χ2n) is 6.06. The largest absolute Gasteiger partial charge is 0.376 e. The molecule has 0 aromatic heterocycles. The molecule has 2 amide bonds. The molecule has 6 heteroatoms. The second-order valence-corrected chi connectivity index (χ2v) is 6.06. The van der Waals surface area contributed by atoms with E-state index >= 15 is 0 Å². The lowest BCUT2D eigenvalue weighted by molar-refractivity contribution is -0.127. The number of nitrogens with one attached hydrogen (secondary N) is 3. The molecular weight excluding hydrogens is 294 g/mol. The van der Waals surface area contributed by atoms with Crippen LogP contribution >= 0.6 is 0 Å². The minimum Gasteiger partial charge on any atom is -0.376 e. The van der Waals surface area contributed by atoms with Crippen LogP contribution in [-0.2, 0) is 27.3 Å². The van der Waals surface area contributed by atoms with Crippen LogP contribution in [0.15, 0.2) is 24.3 Å². The standard InChI is InChI=1S/C17H23N3O3/c21-16(19-10-14-6-3-7-23-14)11-20-17(22)15-8-12-4-1-2-5-13(12)9-18-15/h1-2,4-5,14-15,18H,3,6-11H2,(H,19,21)(H,20,22)/t14-,15-/m0/s1. The van der Waals surface area contributed by atoms with Crippen LogP contribution in [0.1, 0.15) is 24.0 Å². The lowest BCUT2D eigenvalue weighted by Gasteiger charge is -2.25. The van der Waals surface area contributed by atoms with Crippen LogP contribution in [-0.4, -0.2) is 43.7 Å². The molecule has 2 heterocycles. The van der Waals surface area contributed by atoms with E-state index in [4.69, 9.17) is 4.74 Å². The predicted octanol–water partition coefficient (Wildman–Crippen LogP) is 0.112. The van der Waals surface area contributed by atoms with E-state index < -0.39 is 0 Å². The maximum atomic E-state index is 12.2. The van der Waals surface area contributed by atoms with Gasteiger partial charge >= 0.3 is 0 Å². The summed E-state index contributed by atoms with van der Waals surface area (Å²) >= 11 is 0. The molecule has 0 radical (unpaired) electrons. The predicted molar refractivity (Wildman–Crippen MR) is 85.8 cm³/mol. The van der Waals surface area contributed by atoms with E-state index in [0.29, 0.717) is 19.5 Å². The third-order valence-corrected chi connectivity index (χ3v) is 4.37. The van der Waals surface area contributed by atoms with Gasteiger partial charge in [-0.2, -0.15) is 0 Å². The topological polar surface area (TPSA) is 79.5 Å². The average molecular weight is 317 g/mol. The highest BCUT2D eigenvalue weighted by Gasteiger charge is 2.24. The van der Waals surface area contributed by atoms with Crippen molar-refractivity contribution < 1.29 is 14.3 Å². The fourth-order valence-corrected chi connectivity index (χ4v) is 3.03. The molecule has 0 spiro atoms. The Morgan fingerprint density at radius 1 is 1.22 bits per heavy atom. The summed E-state index contributed by atoms with van der Waals surface area (Å²) in [5, 5.41) is 8.72. The molecule has 2 aliphatic heterocycles. The van der Waals surface area contributed by atoms with Crippen molar-refractivity contribution in [2.75, 3.05) is 19.7 Å². The fourth-order valence-electron chi connectivity index (χ4n) is 3.03. The molecule has 2 aliphatic rings. The van der Waals surface area contributed by atoms with Crippen LogP contribution in [0.4, 0.5) is 0 Å². The zero-order chi connectivity index (χ0) is 16.1. The highest BCUT2D eigenvalue weighted by Crippen LogP contribution is 2.16. The molecule has 0 unspecified atom stereocenters. The molecule has 0 aliphatic carbocycles. The van der Waals surface area contributed by atoms with Crippen LogP contribution in [0.2, 0.25) is 0 Å². The van der Waals surface area contributed by atoms with Crippen molar-refractivity contribution in [2.45, 2.75) is 38.0 Å². The van der Waals surface area contributed by atoms with E-state index in [1.807, 2.05) is 18.2 Å². The molecule has 1 saturated heterocycles. The number of carbonyl (C=O) groups excluding carboxylic acids is 2. The summed E-state index contributed by atoms with van der Waals surface area (Å²) < 4.78 is 5.45. The van der Waals surface area contributed by atoms with Crippen molar-refractivity contribution >= 4 is 11.8 Å². The first-order chi connectivity index (χ1) is 11.2. The number of ether oxygens (including phenoxy) is 1. The fraction of sp³-hybridized carbons (Fsp3) is 0.529. The molecule has 124 valence electrons. The molecule has 23 heavy (non-hydrogen) atoms. The summed E-state index contributed by atoms with van der Waals surface area (Å²) in [5.74, 6) is -0.308. The van der Waals surface area contributed by atoms with Gasteiger partial charge in [0.25, 0.3) is 0 Å². The highest BCUT2D eigenvalue weighted by atomic mass is 16.5. The first kappa shape index (κ1) is 16.0. The van der Waals surface area contributed by atoms with Gasteiger partial charge in [-0.1, -0.05) is 24.3 Å². The molecule has 6 nitrogen and oxygen atoms in total. The second kappa shape index (κ2) is 7.57. The lowest BCUT2D eigenvalue weighted by atomic mass is 9.95. The Hall–Kier alpha value is -1.92. The number of hydrogen-bond donors (Lipinski definition) is 3. The van der Waals surface area contributed by atoms with Crippen LogP contribution < -0.4 is 16.0 Å². The molecule has 3 rings (SSSR count). The third kappa shape index (κ3) is 4.30. The van der Waals surface area contributed by atoms with Crippen molar-refractivity contribution in [1.82, 2.24) is 16.0 Å². The van der Waals surface area contributed by atoms with Gasteiger partial charge < -0.3 is 20.7 Å². The van der Waals surface area contributed by atoms with Gasteiger partial charge in [-0.05, 0) is 30.4 Å². The van der Waals surface area contributed by atoms with E-state index in [9.17, 15) is 9.59 Å². The minimum absolute atomic E-state index is 0.00534. The molecule has 0 bridgehead atoms. The molecular formula is C17H23N3O3. The zero-order valence-electron chi connectivity index (χ0n) is 13.1. The summed E-state index contributed by atoms with van der Waals surface area (Å²) in [4.78, 5) is 24.0. The number of fused-ring (bicyclic) bond motifs is 1. The van der Waals surface area contributed by atoms with Crippen LogP contribution in [0.5, 0.6) is 0 Å². The normalized spacial score (nSPS) is 23.1. The van der Waals surface area contributed by atoms with Crippen molar-refractivity contribution in [1.29, 1.82) is 0 Å². The van der Waals surface area contributed by atoms with Crippen LogP contribution in [0.25, 0.3) is 0 Å². The quantitative estimate of drug-likeness (QED) is 0.720. The smallest absolute Gasteiger partial charge is 0.239 e. The van der Waals surface area contributed by atoms with E-state index in [1.54, 1.807) is 0 Å². The van der Waals surface area contributed by atoms with E-state index in [1.165, 1.54) is 11.1 Å². The maximum Gasteiger partial charge on any atom is 0.239 e. The summed E-state index contributed by atoms with van der Waals surface area (Å²) in [6.07, 6.45) is 2.80. The van der Waals surface area contributed by atoms with Crippen LogP contribution in [0, 0.1) is 0 Å². The molecule has 0 saturated carbocycles. The molecule has 3 N–H and O–H groups in total. The van der Waals surface area contributed by atoms with Crippen molar-refractivity contribution in [3.63, 3.8) is 0 Å². The minimum atomic E-state index is -0.282. The SMILES string of the molecule is O=C(CNC(=O)[C@@H]1Cc2ccccc2CN1)NC[C@@H]1CCCO1. The number of amides is 2. The van der Waals surface area contributed by atoms with Gasteiger partial charge in [0, 0.05) is 19.7 Å². The molecule has 2 atom stereocenters. The van der Waals surface area contributed by atoms with Crippen molar-refractivity contribution in [3.8, 4) is 0 Å². The van der Waals surface area contributed by atoms with Crippen LogP contribution in [0.3, 0.4) is 0 Å². The molecule has 1 aromatic carbocycles. The Kier molecular flexibility index (Phi) is 5.25. The first-order valence-electron chi connectivity index (χ1n) is 8.18. The van der Waals surface area contributed by atoms with Gasteiger partial charge in [0.2, 0.25) is 11.8 Å². The Labute approximate surface area is 136 Å². The summed E-state index contributed by atoms with van der Waals surface area (Å²) in [6.45, 7) is 1.97. The highest BCUT2D eigenvalue weighted by molar-refractivity contribution is 5.87. The van der Waals surface area contributed by atoms with Crippen molar-refractivity contribution in [2.24, 2.45) is 0 Å². The number of hydrogen-bond acceptors (Lipinski definition) is 4. The Morgan fingerprint density at radius 2 is 2.04 bits per heavy atom. The first-order valence-corrected chi connectivity index (χ1v) is 8.18. The van der Waals surface area contributed by atoms with E-state index in [2.05, 4.69) is 22.0 Å². The summed E-state index contributed by atoms with van der Waals surface area (Å²) in [7, 11) is 0. The Balaban J connectivity index is 1.40. The van der Waals surface area contributed by atoms with E-state index in [-0.39, 0.29) is 30.5 Å². The third-order valence-electron chi connectivity index (χ3n) is 4.37. The van der Waals surface area contributed by atoms with E-state index in [0.717, 1.165) is 19.4 Å². The Bertz CT molecular complexity index is 570. The monoisotopic (exact) mass is 317 g/mol. The average Bonchev–Trinajstić information content (AvgIpc) is 3.11. The lowest BCUT2D eigenvalue weighted by Crippen LogP contribution is -2.50. The van der Waals surface area contributed by atoms with Gasteiger partial charge in [-0.15, -0.1) is 0 Å². The van der Waals surface area contributed by atoms with Gasteiger partial charge in [0.15, 0.2) is 0 Å². The Morgan fingerprint density at radius 3 is 2.83 bits per heavy atom. The van der Waals surface area contributed by atoms with Gasteiger partial charge in [-0.3, -0.25) is 9.59 Å². The maximum absolute atomic E-state index is 12.2. The zero-order valence-corrected chi connectivity index (χ0v) is 13.1. The molecule has 1 fully saturated rings. The van der Waals surface area contributed by atoms with Gasteiger partial charge in [0.05, 0.1) is 18.7 Å². The number of rotatable bonds is 5. The number of benzene rings is 1. The molecule has 1 aromatic rings. The van der Waals surface area contributed by atoms with Crippen molar-refractivity contribution in [3.05, 3.63) is 35.4 Å². The summed E-state index contributed by atoms with van der Waals surface area (Å²) in [5.41, 5.74) is 2.42. The van der Waals surface area contributed by atoms with Gasteiger partial charge in [0.1, 0.15) is 0 Å². The van der Waals surface area contributed by atoms with Gasteiger partial charge in [-0.25, -0.2) is 0 Å². The number of carbonyl (C=O) groups is 2. The summed E-state index contributed by atoms with van der Waals surface area (Å²) in [6, 6.07) is 7.81.